The van der Waals surface area contributed by atoms with Gasteiger partial charge in [0.05, 0.1) is 7.11 Å². The first-order chi connectivity index (χ1) is 9.26. The van der Waals surface area contributed by atoms with Gasteiger partial charge < -0.3 is 9.64 Å². The van der Waals surface area contributed by atoms with Crippen LogP contribution in [0.2, 0.25) is 0 Å². The van der Waals surface area contributed by atoms with Crippen molar-refractivity contribution < 1.29 is 9.53 Å². The molecule has 1 saturated heterocycles. The summed E-state index contributed by atoms with van der Waals surface area (Å²) in [5.74, 6) is -0.115. The van der Waals surface area contributed by atoms with Crippen LogP contribution in [0.1, 0.15) is 13.3 Å². The van der Waals surface area contributed by atoms with E-state index in [1.165, 1.54) is 12.8 Å². The van der Waals surface area contributed by atoms with E-state index in [1.807, 2.05) is 13.0 Å². The number of rotatable bonds is 4. The lowest BCUT2D eigenvalue weighted by atomic mass is 10.1. The number of anilines is 1. The van der Waals surface area contributed by atoms with E-state index < -0.39 is 0 Å². The van der Waals surface area contributed by atoms with Gasteiger partial charge in [0.1, 0.15) is 6.04 Å². The van der Waals surface area contributed by atoms with E-state index in [4.69, 9.17) is 4.74 Å². The topological polar surface area (TPSA) is 32.8 Å². The van der Waals surface area contributed by atoms with Gasteiger partial charge in [-0.2, -0.15) is 0 Å². The molecule has 4 nitrogen and oxygen atoms in total. The third kappa shape index (κ3) is 3.26. The fourth-order valence-electron chi connectivity index (χ4n) is 2.64. The van der Waals surface area contributed by atoms with Crippen LogP contribution < -0.4 is 4.90 Å². The first-order valence-corrected chi connectivity index (χ1v) is 6.88. The Hall–Kier alpha value is -1.55. The molecule has 0 bridgehead atoms. The average Bonchev–Trinajstić information content (AvgIpc) is 2.49. The molecule has 1 aliphatic heterocycles. The molecule has 0 spiro atoms. The van der Waals surface area contributed by atoms with E-state index in [0.29, 0.717) is 0 Å². The molecule has 1 aliphatic rings. The van der Waals surface area contributed by atoms with Crippen molar-refractivity contribution in [1.29, 1.82) is 0 Å². The van der Waals surface area contributed by atoms with Crippen LogP contribution in [0, 0.1) is 0 Å². The molecule has 19 heavy (non-hydrogen) atoms. The molecule has 1 heterocycles. The van der Waals surface area contributed by atoms with Crippen molar-refractivity contribution in [2.24, 2.45) is 0 Å². The number of para-hydroxylation sites is 1. The van der Waals surface area contributed by atoms with Gasteiger partial charge in [0.15, 0.2) is 0 Å². The zero-order chi connectivity index (χ0) is 13.7. The minimum Gasteiger partial charge on any atom is -0.468 e. The largest absolute Gasteiger partial charge is 0.468 e. The van der Waals surface area contributed by atoms with E-state index in [2.05, 4.69) is 34.1 Å². The Morgan fingerprint density at radius 2 is 1.84 bits per heavy atom. The normalized spacial score (nSPS) is 18.1. The summed E-state index contributed by atoms with van der Waals surface area (Å²) >= 11 is 0. The predicted octanol–water partition coefficient (Wildman–Crippen LogP) is 1.76. The fraction of sp³-hybridized carbons (Fsp3) is 0.533. The highest BCUT2D eigenvalue weighted by atomic mass is 16.5. The summed E-state index contributed by atoms with van der Waals surface area (Å²) < 4.78 is 4.87. The van der Waals surface area contributed by atoms with Gasteiger partial charge >= 0.3 is 5.97 Å². The molecule has 1 unspecified atom stereocenters. The van der Waals surface area contributed by atoms with Gasteiger partial charge in [-0.1, -0.05) is 25.1 Å². The number of nitrogens with zero attached hydrogens (tertiary/aromatic N) is 2. The Morgan fingerprint density at radius 1 is 1.21 bits per heavy atom. The number of hydrogen-bond donors (Lipinski definition) is 0. The number of carbonyl (C=O) groups is 1. The van der Waals surface area contributed by atoms with Crippen molar-refractivity contribution in [3.05, 3.63) is 30.3 Å². The van der Waals surface area contributed by atoms with Crippen molar-refractivity contribution in [2.45, 2.75) is 19.4 Å². The van der Waals surface area contributed by atoms with E-state index in [1.54, 1.807) is 0 Å². The Kier molecular flexibility index (Phi) is 4.80. The van der Waals surface area contributed by atoms with Crippen molar-refractivity contribution in [2.75, 3.05) is 38.2 Å². The number of piperazine rings is 1. The number of hydrogen-bond acceptors (Lipinski definition) is 4. The zero-order valence-electron chi connectivity index (χ0n) is 11.7. The number of benzene rings is 1. The maximum atomic E-state index is 11.7. The quantitative estimate of drug-likeness (QED) is 0.774. The third-order valence-electron chi connectivity index (χ3n) is 3.74. The van der Waals surface area contributed by atoms with Crippen molar-refractivity contribution in [3.8, 4) is 0 Å². The van der Waals surface area contributed by atoms with Gasteiger partial charge in [0, 0.05) is 31.9 Å². The highest BCUT2D eigenvalue weighted by molar-refractivity contribution is 5.75. The van der Waals surface area contributed by atoms with Crippen LogP contribution in [0.4, 0.5) is 5.69 Å². The lowest BCUT2D eigenvalue weighted by Crippen LogP contribution is -2.52. The second kappa shape index (κ2) is 6.57. The molecule has 1 aromatic carbocycles. The molecule has 4 heteroatoms. The predicted molar refractivity (Wildman–Crippen MR) is 76.3 cm³/mol. The molecule has 0 aromatic heterocycles. The van der Waals surface area contributed by atoms with E-state index in [0.717, 1.165) is 32.6 Å². The van der Waals surface area contributed by atoms with Gasteiger partial charge in [0.25, 0.3) is 0 Å². The minimum atomic E-state index is -0.115. The SMILES string of the molecule is CCC(C(=O)OC)N1CCN(c2ccccc2)CC1. The van der Waals surface area contributed by atoms with Crippen LogP contribution in [0.25, 0.3) is 0 Å². The molecule has 1 aromatic rings. The highest BCUT2D eigenvalue weighted by Crippen LogP contribution is 2.17. The summed E-state index contributed by atoms with van der Waals surface area (Å²) in [4.78, 5) is 16.3. The van der Waals surface area contributed by atoms with E-state index in [9.17, 15) is 4.79 Å². The Balaban J connectivity index is 1.93. The zero-order valence-corrected chi connectivity index (χ0v) is 11.7. The molecule has 0 radical (unpaired) electrons. The van der Waals surface area contributed by atoms with E-state index >= 15 is 0 Å². The molecule has 104 valence electrons. The number of esters is 1. The number of methoxy groups -OCH3 is 1. The summed E-state index contributed by atoms with van der Waals surface area (Å²) in [5, 5.41) is 0. The number of carbonyl (C=O) groups excluding carboxylic acids is 1. The van der Waals surface area contributed by atoms with Gasteiger partial charge in [-0.3, -0.25) is 9.69 Å². The molecule has 0 amide bonds. The maximum absolute atomic E-state index is 11.7. The lowest BCUT2D eigenvalue weighted by Gasteiger charge is -2.38. The van der Waals surface area contributed by atoms with Crippen LogP contribution in [0.3, 0.4) is 0 Å². The smallest absolute Gasteiger partial charge is 0.323 e. The molecule has 0 N–H and O–H groups in total. The summed E-state index contributed by atoms with van der Waals surface area (Å²) in [6, 6.07) is 10.3. The summed E-state index contributed by atoms with van der Waals surface area (Å²) in [7, 11) is 1.46. The van der Waals surface area contributed by atoms with Crippen LogP contribution in [0.5, 0.6) is 0 Å². The summed E-state index contributed by atoms with van der Waals surface area (Å²) in [6.45, 7) is 5.76. The van der Waals surface area contributed by atoms with Crippen molar-refractivity contribution in [1.82, 2.24) is 4.90 Å². The Labute approximate surface area is 115 Å². The van der Waals surface area contributed by atoms with Gasteiger partial charge in [-0.05, 0) is 18.6 Å². The monoisotopic (exact) mass is 262 g/mol. The molecule has 2 rings (SSSR count). The van der Waals surface area contributed by atoms with Gasteiger partial charge in [-0.15, -0.1) is 0 Å². The Morgan fingerprint density at radius 3 is 2.37 bits per heavy atom. The first kappa shape index (κ1) is 13.9. The molecular formula is C15H22N2O2. The van der Waals surface area contributed by atoms with Gasteiger partial charge in [-0.25, -0.2) is 0 Å². The van der Waals surface area contributed by atoms with Crippen LogP contribution in [-0.2, 0) is 9.53 Å². The molecule has 1 fully saturated rings. The van der Waals surface area contributed by atoms with Crippen molar-refractivity contribution >= 4 is 11.7 Å². The second-order valence-corrected chi connectivity index (χ2v) is 4.81. The average molecular weight is 262 g/mol. The lowest BCUT2D eigenvalue weighted by molar-refractivity contribution is -0.147. The molecule has 1 atom stereocenters. The highest BCUT2D eigenvalue weighted by Gasteiger charge is 2.28. The van der Waals surface area contributed by atoms with Crippen LogP contribution >= 0.6 is 0 Å². The number of ether oxygens (including phenoxy) is 1. The molecule has 0 aliphatic carbocycles. The van der Waals surface area contributed by atoms with Crippen molar-refractivity contribution in [3.63, 3.8) is 0 Å². The van der Waals surface area contributed by atoms with E-state index in [-0.39, 0.29) is 12.0 Å². The second-order valence-electron chi connectivity index (χ2n) is 4.81. The van der Waals surface area contributed by atoms with Crippen LogP contribution in [-0.4, -0.2) is 50.2 Å². The first-order valence-electron chi connectivity index (χ1n) is 6.88. The summed E-state index contributed by atoms with van der Waals surface area (Å²) in [6.07, 6.45) is 0.804. The third-order valence-corrected chi connectivity index (χ3v) is 3.74. The summed E-state index contributed by atoms with van der Waals surface area (Å²) in [5.41, 5.74) is 1.26. The van der Waals surface area contributed by atoms with Crippen LogP contribution in [0.15, 0.2) is 30.3 Å². The standard InChI is InChI=1S/C15H22N2O2/c1-3-14(15(18)19-2)17-11-9-16(10-12-17)13-7-5-4-6-8-13/h4-8,14H,3,9-12H2,1-2H3. The molecule has 0 saturated carbocycles. The fourth-order valence-corrected chi connectivity index (χ4v) is 2.64. The Bertz CT molecular complexity index is 400. The molecular weight excluding hydrogens is 240 g/mol. The minimum absolute atomic E-state index is 0.0945. The maximum Gasteiger partial charge on any atom is 0.323 e. The van der Waals surface area contributed by atoms with Gasteiger partial charge in [0.2, 0.25) is 0 Å².